The lowest BCUT2D eigenvalue weighted by atomic mass is 9.78. The Labute approximate surface area is 79.4 Å². The summed E-state index contributed by atoms with van der Waals surface area (Å²) < 4.78 is 0. The summed E-state index contributed by atoms with van der Waals surface area (Å²) in [5.74, 6) is 0. The fraction of sp³-hybridized carbons (Fsp3) is 0.800. The smallest absolute Gasteiger partial charge is 0.0870 e. The van der Waals surface area contributed by atoms with E-state index in [0.29, 0.717) is 6.42 Å². The summed E-state index contributed by atoms with van der Waals surface area (Å²) in [6.07, 6.45) is 4.53. The van der Waals surface area contributed by atoms with Crippen LogP contribution in [0.25, 0.3) is 0 Å². The standard InChI is InChI=1S/C10H17ClO/c1-8-4-6-10(12,7-5-8)9(2,3)11/h4,12H,5-7H2,1-3H3. The molecule has 1 N–H and O–H groups in total. The Morgan fingerprint density at radius 3 is 2.50 bits per heavy atom. The van der Waals surface area contributed by atoms with Crippen molar-refractivity contribution in [1.82, 2.24) is 0 Å². The van der Waals surface area contributed by atoms with Crippen molar-refractivity contribution >= 4 is 11.6 Å². The molecule has 1 atom stereocenters. The summed E-state index contributed by atoms with van der Waals surface area (Å²) in [6.45, 7) is 5.85. The van der Waals surface area contributed by atoms with Gasteiger partial charge in [0, 0.05) is 0 Å². The molecule has 0 saturated carbocycles. The summed E-state index contributed by atoms with van der Waals surface area (Å²) in [5.41, 5.74) is 0.647. The van der Waals surface area contributed by atoms with E-state index in [9.17, 15) is 5.11 Å². The van der Waals surface area contributed by atoms with Crippen LogP contribution >= 0.6 is 11.6 Å². The molecule has 70 valence electrons. The highest BCUT2D eigenvalue weighted by Crippen LogP contribution is 2.39. The fourth-order valence-electron chi connectivity index (χ4n) is 1.49. The van der Waals surface area contributed by atoms with E-state index >= 15 is 0 Å². The molecule has 12 heavy (non-hydrogen) atoms. The molecule has 2 heteroatoms. The van der Waals surface area contributed by atoms with Crippen molar-refractivity contribution in [3.05, 3.63) is 11.6 Å². The molecule has 1 unspecified atom stereocenters. The molecule has 0 aromatic carbocycles. The molecule has 0 fully saturated rings. The topological polar surface area (TPSA) is 20.2 Å². The molecule has 0 aromatic heterocycles. The van der Waals surface area contributed by atoms with E-state index in [0.717, 1.165) is 12.8 Å². The van der Waals surface area contributed by atoms with Crippen LogP contribution in [0.5, 0.6) is 0 Å². The largest absolute Gasteiger partial charge is 0.388 e. The highest BCUT2D eigenvalue weighted by molar-refractivity contribution is 6.24. The summed E-state index contributed by atoms with van der Waals surface area (Å²) >= 11 is 6.12. The second-order valence-corrected chi connectivity index (χ2v) is 5.20. The summed E-state index contributed by atoms with van der Waals surface area (Å²) in [6, 6.07) is 0. The average molecular weight is 189 g/mol. The lowest BCUT2D eigenvalue weighted by molar-refractivity contribution is -0.00140. The van der Waals surface area contributed by atoms with Gasteiger partial charge in [-0.1, -0.05) is 11.6 Å². The average Bonchev–Trinajstić information content (AvgIpc) is 1.93. The minimum atomic E-state index is -0.714. The third-order valence-corrected chi connectivity index (χ3v) is 3.18. The van der Waals surface area contributed by atoms with E-state index in [4.69, 9.17) is 11.6 Å². The van der Waals surface area contributed by atoms with Gasteiger partial charge in [0.15, 0.2) is 0 Å². The van der Waals surface area contributed by atoms with Crippen LogP contribution in [0, 0.1) is 0 Å². The van der Waals surface area contributed by atoms with Crippen molar-refractivity contribution in [3.63, 3.8) is 0 Å². The van der Waals surface area contributed by atoms with Gasteiger partial charge in [-0.2, -0.15) is 0 Å². The van der Waals surface area contributed by atoms with Crippen LogP contribution in [0.15, 0.2) is 11.6 Å². The molecule has 0 aromatic rings. The number of rotatable bonds is 1. The van der Waals surface area contributed by atoms with Crippen molar-refractivity contribution < 1.29 is 5.11 Å². The van der Waals surface area contributed by atoms with Crippen LogP contribution in [0.4, 0.5) is 0 Å². The molecule has 0 spiro atoms. The minimum absolute atomic E-state index is 0.524. The zero-order valence-corrected chi connectivity index (χ0v) is 8.78. The molecule has 0 bridgehead atoms. The quantitative estimate of drug-likeness (QED) is 0.496. The molecule has 0 saturated heterocycles. The molecule has 1 aliphatic rings. The van der Waals surface area contributed by atoms with Crippen LogP contribution < -0.4 is 0 Å². The number of halogens is 1. The van der Waals surface area contributed by atoms with Gasteiger partial charge < -0.3 is 5.11 Å². The molecule has 1 rings (SSSR count). The maximum atomic E-state index is 10.1. The second kappa shape index (κ2) is 3.04. The van der Waals surface area contributed by atoms with Gasteiger partial charge in [-0.15, -0.1) is 11.6 Å². The molecule has 1 aliphatic carbocycles. The zero-order chi connectivity index (χ0) is 9.41. The SMILES string of the molecule is CC1=CCC(O)(C(C)(C)Cl)CC1. The van der Waals surface area contributed by atoms with Gasteiger partial charge in [-0.05, 0) is 40.0 Å². The predicted molar refractivity (Wildman–Crippen MR) is 52.5 cm³/mol. The van der Waals surface area contributed by atoms with Crippen molar-refractivity contribution in [2.24, 2.45) is 0 Å². The number of hydrogen-bond donors (Lipinski definition) is 1. The van der Waals surface area contributed by atoms with Crippen molar-refractivity contribution in [2.45, 2.75) is 50.5 Å². The van der Waals surface area contributed by atoms with Gasteiger partial charge in [0.05, 0.1) is 10.5 Å². The molecule has 0 heterocycles. The van der Waals surface area contributed by atoms with Crippen LogP contribution in [-0.4, -0.2) is 15.6 Å². The predicted octanol–water partition coefficient (Wildman–Crippen LogP) is 2.87. The molecule has 0 amide bonds. The molecular weight excluding hydrogens is 172 g/mol. The van der Waals surface area contributed by atoms with E-state index in [1.807, 2.05) is 13.8 Å². The Morgan fingerprint density at radius 1 is 1.58 bits per heavy atom. The third kappa shape index (κ3) is 1.83. The number of alkyl halides is 1. The Balaban J connectivity index is 2.77. The second-order valence-electron chi connectivity index (χ2n) is 4.26. The molecule has 0 aliphatic heterocycles. The van der Waals surface area contributed by atoms with E-state index < -0.39 is 10.5 Å². The van der Waals surface area contributed by atoms with E-state index in [1.165, 1.54) is 5.57 Å². The lowest BCUT2D eigenvalue weighted by Crippen LogP contribution is -2.46. The number of hydrogen-bond acceptors (Lipinski definition) is 1. The summed E-state index contributed by atoms with van der Waals surface area (Å²) in [7, 11) is 0. The first-order valence-electron chi connectivity index (χ1n) is 4.42. The van der Waals surface area contributed by atoms with Crippen LogP contribution in [0.1, 0.15) is 40.0 Å². The lowest BCUT2D eigenvalue weighted by Gasteiger charge is -2.40. The number of aliphatic hydroxyl groups is 1. The maximum absolute atomic E-state index is 10.1. The van der Waals surface area contributed by atoms with Crippen molar-refractivity contribution in [1.29, 1.82) is 0 Å². The molecular formula is C10H17ClO. The van der Waals surface area contributed by atoms with Crippen LogP contribution in [0.3, 0.4) is 0 Å². The Hall–Kier alpha value is -0.0100. The fourth-order valence-corrected chi connectivity index (χ4v) is 1.66. The van der Waals surface area contributed by atoms with Gasteiger partial charge in [-0.25, -0.2) is 0 Å². The highest BCUT2D eigenvalue weighted by atomic mass is 35.5. The monoisotopic (exact) mass is 188 g/mol. The maximum Gasteiger partial charge on any atom is 0.0870 e. The van der Waals surface area contributed by atoms with Gasteiger partial charge in [0.2, 0.25) is 0 Å². The Bertz CT molecular complexity index is 202. The summed E-state index contributed by atoms with van der Waals surface area (Å²) in [4.78, 5) is -0.524. The molecule has 1 nitrogen and oxygen atoms in total. The normalized spacial score (nSPS) is 31.6. The van der Waals surface area contributed by atoms with E-state index in [1.54, 1.807) is 0 Å². The van der Waals surface area contributed by atoms with Gasteiger partial charge in [0.1, 0.15) is 0 Å². The zero-order valence-electron chi connectivity index (χ0n) is 8.02. The van der Waals surface area contributed by atoms with Crippen molar-refractivity contribution in [2.75, 3.05) is 0 Å². The van der Waals surface area contributed by atoms with Crippen LogP contribution in [-0.2, 0) is 0 Å². The van der Waals surface area contributed by atoms with E-state index in [2.05, 4.69) is 13.0 Å². The van der Waals surface area contributed by atoms with Crippen LogP contribution in [0.2, 0.25) is 0 Å². The van der Waals surface area contributed by atoms with Gasteiger partial charge in [-0.3, -0.25) is 0 Å². The first kappa shape index (κ1) is 10.1. The van der Waals surface area contributed by atoms with Crippen molar-refractivity contribution in [3.8, 4) is 0 Å². The van der Waals surface area contributed by atoms with Gasteiger partial charge in [0.25, 0.3) is 0 Å². The first-order chi connectivity index (χ1) is 5.35. The Kier molecular flexibility index (Phi) is 2.55. The first-order valence-corrected chi connectivity index (χ1v) is 4.80. The van der Waals surface area contributed by atoms with Gasteiger partial charge >= 0.3 is 0 Å². The Morgan fingerprint density at radius 2 is 2.17 bits per heavy atom. The van der Waals surface area contributed by atoms with E-state index in [-0.39, 0.29) is 0 Å². The molecule has 0 radical (unpaired) electrons. The number of allylic oxidation sites excluding steroid dienone is 1. The highest BCUT2D eigenvalue weighted by Gasteiger charge is 2.42. The summed E-state index contributed by atoms with van der Waals surface area (Å²) in [5, 5.41) is 10.1. The minimum Gasteiger partial charge on any atom is -0.388 e. The third-order valence-electron chi connectivity index (χ3n) is 2.83.